The van der Waals surface area contributed by atoms with Crippen molar-refractivity contribution in [2.45, 2.75) is 45.9 Å². The van der Waals surface area contributed by atoms with Crippen molar-refractivity contribution in [1.82, 2.24) is 5.32 Å². The molecule has 0 saturated heterocycles. The maximum atomic E-state index is 12.5. The van der Waals surface area contributed by atoms with E-state index in [1.54, 1.807) is 0 Å². The molecule has 0 aromatic heterocycles. The molecular weight excluding hydrogens is 326 g/mol. The highest BCUT2D eigenvalue weighted by Gasteiger charge is 2.28. The Morgan fingerprint density at radius 3 is 2.04 bits per heavy atom. The quantitative estimate of drug-likeness (QED) is 0.751. The third-order valence-electron chi connectivity index (χ3n) is 3.82. The number of esters is 2. The van der Waals surface area contributed by atoms with Crippen LogP contribution in [0, 0.1) is 13.8 Å². The number of carbonyl (C=O) groups is 3. The summed E-state index contributed by atoms with van der Waals surface area (Å²) >= 11 is 0. The largest absolute Gasteiger partial charge is 0.466 e. The van der Waals surface area contributed by atoms with E-state index in [4.69, 9.17) is 9.47 Å². The van der Waals surface area contributed by atoms with Crippen molar-refractivity contribution in [1.29, 1.82) is 0 Å². The number of rotatable bonds is 7. The minimum atomic E-state index is -1.05. The van der Waals surface area contributed by atoms with E-state index in [0.29, 0.717) is 0 Å². The summed E-state index contributed by atoms with van der Waals surface area (Å²) in [4.78, 5) is 35.8. The number of amides is 1. The second-order valence-electron chi connectivity index (χ2n) is 5.75. The summed E-state index contributed by atoms with van der Waals surface area (Å²) in [5.74, 6) is -1.87. The minimum Gasteiger partial charge on any atom is -0.466 e. The van der Waals surface area contributed by atoms with Crippen LogP contribution in [0.3, 0.4) is 0 Å². The first-order valence-electron chi connectivity index (χ1n) is 7.90. The lowest BCUT2D eigenvalue weighted by atomic mass is 9.97. The zero-order chi connectivity index (χ0) is 19.1. The number of nitrogens with one attached hydrogen (secondary N) is 1. The van der Waals surface area contributed by atoms with Crippen LogP contribution in [0.4, 0.5) is 0 Å². The molecule has 138 valence electrons. The number of hydrogen-bond donors (Lipinski definition) is 1. The molecule has 1 aromatic rings. The number of methoxy groups -OCH3 is 2. The Balaban J connectivity index is 2.82. The fourth-order valence-corrected chi connectivity index (χ4v) is 2.44. The summed E-state index contributed by atoms with van der Waals surface area (Å²) in [5.41, 5.74) is 2.58. The Hall–Kier alpha value is -2.41. The Kier molecular flexibility index (Phi) is 7.57. The molecule has 0 saturated carbocycles. The van der Waals surface area contributed by atoms with Crippen molar-refractivity contribution in [3.8, 4) is 0 Å². The molecule has 0 spiro atoms. The van der Waals surface area contributed by atoms with E-state index in [0.717, 1.165) is 16.7 Å². The van der Waals surface area contributed by atoms with Crippen molar-refractivity contribution in [3.05, 3.63) is 34.9 Å². The van der Waals surface area contributed by atoms with Crippen molar-refractivity contribution >= 4 is 17.8 Å². The Morgan fingerprint density at radius 1 is 1.00 bits per heavy atom. The van der Waals surface area contributed by atoms with Crippen LogP contribution in [-0.2, 0) is 28.6 Å². The average molecular weight is 351 g/mol. The summed E-state index contributed by atoms with van der Waals surface area (Å²) in [6, 6.07) is 4.73. The molecule has 25 heavy (non-hydrogen) atoms. The summed E-state index contributed by atoms with van der Waals surface area (Å²) in [6.45, 7) is 6.64. The van der Waals surface area contributed by atoms with Crippen LogP contribution in [0.5, 0.6) is 0 Å². The van der Waals surface area contributed by atoms with Crippen LogP contribution in [0.15, 0.2) is 18.2 Å². The zero-order valence-electron chi connectivity index (χ0n) is 15.4. The normalized spacial score (nSPS) is 14.2. The fourth-order valence-electron chi connectivity index (χ4n) is 2.44. The van der Waals surface area contributed by atoms with Crippen LogP contribution in [0.1, 0.15) is 36.6 Å². The third-order valence-corrected chi connectivity index (χ3v) is 3.82. The van der Waals surface area contributed by atoms with E-state index < -0.39 is 36.1 Å². The van der Waals surface area contributed by atoms with Crippen LogP contribution in [0.25, 0.3) is 0 Å². The second-order valence-corrected chi connectivity index (χ2v) is 5.75. The van der Waals surface area contributed by atoms with Gasteiger partial charge in [0, 0.05) is 7.11 Å². The Labute approximate surface area is 147 Å². The van der Waals surface area contributed by atoms with Gasteiger partial charge in [0.25, 0.3) is 5.91 Å². The molecule has 0 radical (unpaired) electrons. The van der Waals surface area contributed by atoms with Crippen LogP contribution < -0.4 is 5.32 Å². The molecule has 0 heterocycles. The van der Waals surface area contributed by atoms with Gasteiger partial charge in [-0.25, -0.2) is 9.59 Å². The van der Waals surface area contributed by atoms with Crippen LogP contribution in [-0.4, -0.2) is 44.2 Å². The molecule has 7 heteroatoms. The maximum absolute atomic E-state index is 12.5. The van der Waals surface area contributed by atoms with Crippen LogP contribution in [0.2, 0.25) is 0 Å². The predicted molar refractivity (Wildman–Crippen MR) is 90.8 cm³/mol. The van der Waals surface area contributed by atoms with Gasteiger partial charge >= 0.3 is 11.9 Å². The van der Waals surface area contributed by atoms with E-state index >= 15 is 0 Å². The number of aryl methyl sites for hydroxylation is 2. The third kappa shape index (κ3) is 5.29. The molecule has 3 atom stereocenters. The second kappa shape index (κ2) is 9.17. The predicted octanol–water partition coefficient (Wildman–Crippen LogP) is 1.60. The smallest absolute Gasteiger partial charge is 0.346 e. The topological polar surface area (TPSA) is 90.9 Å². The standard InChI is InChI=1S/C18H25NO6/c1-10-8-7-9-11(2)14(10)15(23-5)16(20)19-12(3)17(21)25-13(4)18(22)24-6/h7-9,12-13,15H,1-6H3,(H,19,20)/t12-,13?,15-/m0/s1. The zero-order valence-corrected chi connectivity index (χ0v) is 15.4. The highest BCUT2D eigenvalue weighted by Crippen LogP contribution is 2.24. The SMILES string of the molecule is COC(=O)C(C)OC(=O)[C@H](C)NC(=O)[C@@H](OC)c1c(C)cccc1C. The van der Waals surface area contributed by atoms with Crippen molar-refractivity contribution in [2.75, 3.05) is 14.2 Å². The van der Waals surface area contributed by atoms with Crippen molar-refractivity contribution in [2.24, 2.45) is 0 Å². The number of benzene rings is 1. The van der Waals surface area contributed by atoms with Gasteiger partial charge in [0.1, 0.15) is 6.04 Å². The van der Waals surface area contributed by atoms with Gasteiger partial charge in [-0.1, -0.05) is 18.2 Å². The summed E-state index contributed by atoms with van der Waals surface area (Å²) in [5, 5.41) is 2.56. The van der Waals surface area contributed by atoms with Crippen LogP contribution >= 0.6 is 0 Å². The summed E-state index contributed by atoms with van der Waals surface area (Å²) in [6.07, 6.45) is -1.90. The molecule has 1 rings (SSSR count). The Morgan fingerprint density at radius 2 is 1.56 bits per heavy atom. The molecule has 1 N–H and O–H groups in total. The lowest BCUT2D eigenvalue weighted by molar-refractivity contribution is -0.166. The first kappa shape index (κ1) is 20.6. The molecular formula is C18H25NO6. The highest BCUT2D eigenvalue weighted by atomic mass is 16.6. The van der Waals surface area contributed by atoms with Crippen molar-refractivity contribution < 1.29 is 28.6 Å². The molecule has 0 fully saturated rings. The maximum Gasteiger partial charge on any atom is 0.346 e. The van der Waals surface area contributed by atoms with Gasteiger partial charge in [-0.05, 0) is 44.4 Å². The highest BCUT2D eigenvalue weighted by molar-refractivity contribution is 5.89. The lowest BCUT2D eigenvalue weighted by Gasteiger charge is -2.22. The van der Waals surface area contributed by atoms with Gasteiger partial charge in [0.2, 0.25) is 0 Å². The van der Waals surface area contributed by atoms with Gasteiger partial charge in [0.15, 0.2) is 12.2 Å². The van der Waals surface area contributed by atoms with Gasteiger partial charge in [0.05, 0.1) is 7.11 Å². The molecule has 7 nitrogen and oxygen atoms in total. The van der Waals surface area contributed by atoms with Crippen molar-refractivity contribution in [3.63, 3.8) is 0 Å². The molecule has 0 aliphatic carbocycles. The number of ether oxygens (including phenoxy) is 3. The van der Waals surface area contributed by atoms with Gasteiger partial charge in [-0.15, -0.1) is 0 Å². The average Bonchev–Trinajstić information content (AvgIpc) is 2.56. The van der Waals surface area contributed by atoms with E-state index in [2.05, 4.69) is 10.1 Å². The number of hydrogen-bond acceptors (Lipinski definition) is 6. The fraction of sp³-hybridized carbons (Fsp3) is 0.500. The Bertz CT molecular complexity index is 622. The van der Waals surface area contributed by atoms with Gasteiger partial charge < -0.3 is 19.5 Å². The van der Waals surface area contributed by atoms with Gasteiger partial charge in [-0.3, -0.25) is 4.79 Å². The lowest BCUT2D eigenvalue weighted by Crippen LogP contribution is -2.44. The van der Waals surface area contributed by atoms with E-state index in [1.165, 1.54) is 28.1 Å². The monoisotopic (exact) mass is 351 g/mol. The van der Waals surface area contributed by atoms with E-state index in [9.17, 15) is 14.4 Å². The molecule has 0 aliphatic heterocycles. The van der Waals surface area contributed by atoms with E-state index in [-0.39, 0.29) is 0 Å². The molecule has 1 unspecified atom stereocenters. The number of carbonyl (C=O) groups excluding carboxylic acids is 3. The first-order valence-corrected chi connectivity index (χ1v) is 7.90. The molecule has 0 bridgehead atoms. The minimum absolute atomic E-state index is 0.463. The summed E-state index contributed by atoms with van der Waals surface area (Å²) in [7, 11) is 2.63. The molecule has 1 amide bonds. The molecule has 1 aromatic carbocycles. The summed E-state index contributed by atoms with van der Waals surface area (Å²) < 4.78 is 14.8. The van der Waals surface area contributed by atoms with Gasteiger partial charge in [-0.2, -0.15) is 0 Å². The first-order chi connectivity index (χ1) is 11.7. The van der Waals surface area contributed by atoms with E-state index in [1.807, 2.05) is 32.0 Å². The molecule has 0 aliphatic rings.